The molecule has 0 atom stereocenters. The van der Waals surface area contributed by atoms with Gasteiger partial charge in [-0.2, -0.15) is 10.4 Å². The van der Waals surface area contributed by atoms with Crippen molar-refractivity contribution in [2.75, 3.05) is 26.8 Å². The van der Waals surface area contributed by atoms with Gasteiger partial charge >= 0.3 is 0 Å². The molecule has 1 amide bonds. The maximum absolute atomic E-state index is 12.1. The summed E-state index contributed by atoms with van der Waals surface area (Å²) in [4.78, 5) is 13.7. The van der Waals surface area contributed by atoms with Gasteiger partial charge in [0.2, 0.25) is 0 Å². The lowest BCUT2D eigenvalue weighted by atomic mass is 10.1. The third-order valence-corrected chi connectivity index (χ3v) is 5.16. The summed E-state index contributed by atoms with van der Waals surface area (Å²) >= 11 is 0. The molecule has 0 radical (unpaired) electrons. The molecule has 0 unspecified atom stereocenters. The van der Waals surface area contributed by atoms with Crippen LogP contribution in [0.4, 0.5) is 0 Å². The first-order chi connectivity index (χ1) is 14.6. The molecular weight excluding hydrogens is 380 g/mol. The van der Waals surface area contributed by atoms with Gasteiger partial charge in [0, 0.05) is 18.4 Å². The normalized spacial score (nSPS) is 14.2. The van der Waals surface area contributed by atoms with Crippen molar-refractivity contribution in [2.45, 2.75) is 26.3 Å². The molecule has 1 heterocycles. The average molecular weight is 407 g/mol. The predicted molar refractivity (Wildman–Crippen MR) is 114 cm³/mol. The van der Waals surface area contributed by atoms with Crippen LogP contribution in [0.25, 0.3) is 0 Å². The highest BCUT2D eigenvalue weighted by molar-refractivity contribution is 5.99. The van der Waals surface area contributed by atoms with Gasteiger partial charge < -0.3 is 14.4 Å². The molecule has 0 spiro atoms. The highest BCUT2D eigenvalue weighted by Crippen LogP contribution is 2.20. The number of para-hydroxylation sites is 1. The number of amides is 1. The van der Waals surface area contributed by atoms with Crippen LogP contribution in [0.5, 0.6) is 11.5 Å². The van der Waals surface area contributed by atoms with Crippen LogP contribution in [0, 0.1) is 11.3 Å². The van der Waals surface area contributed by atoms with Gasteiger partial charge in [-0.1, -0.05) is 12.1 Å². The van der Waals surface area contributed by atoms with Gasteiger partial charge in [0.15, 0.2) is 6.61 Å². The highest BCUT2D eigenvalue weighted by atomic mass is 16.5. The molecule has 1 fully saturated rings. The second kappa shape index (κ2) is 10.4. The Morgan fingerprint density at radius 3 is 2.70 bits per heavy atom. The van der Waals surface area contributed by atoms with Crippen molar-refractivity contribution < 1.29 is 19.2 Å². The lowest BCUT2D eigenvalue weighted by Crippen LogP contribution is -3.08. The van der Waals surface area contributed by atoms with Crippen LogP contribution in [0.1, 0.15) is 36.5 Å². The van der Waals surface area contributed by atoms with E-state index in [4.69, 9.17) is 14.7 Å². The molecule has 7 nitrogen and oxygen atoms in total. The smallest absolute Gasteiger partial charge is 0.277 e. The summed E-state index contributed by atoms with van der Waals surface area (Å²) in [5, 5.41) is 13.3. The number of hydrogen-bond donors (Lipinski definition) is 2. The number of nitrogens with zero attached hydrogens (tertiary/aromatic N) is 2. The van der Waals surface area contributed by atoms with E-state index in [0.29, 0.717) is 17.0 Å². The molecule has 7 heteroatoms. The molecule has 1 aliphatic rings. The third-order valence-electron chi connectivity index (χ3n) is 5.16. The average Bonchev–Trinajstić information content (AvgIpc) is 3.29. The summed E-state index contributed by atoms with van der Waals surface area (Å²) in [5.74, 6) is 0.858. The first-order valence-corrected chi connectivity index (χ1v) is 10.1. The molecule has 156 valence electrons. The Morgan fingerprint density at radius 1 is 1.20 bits per heavy atom. The lowest BCUT2D eigenvalue weighted by molar-refractivity contribution is -0.901. The molecule has 3 rings (SSSR count). The van der Waals surface area contributed by atoms with Crippen molar-refractivity contribution in [3.63, 3.8) is 0 Å². The van der Waals surface area contributed by atoms with Crippen LogP contribution in [-0.2, 0) is 11.3 Å². The van der Waals surface area contributed by atoms with Crippen molar-refractivity contribution in [3.05, 3.63) is 59.2 Å². The van der Waals surface area contributed by atoms with Crippen LogP contribution in [0.2, 0.25) is 0 Å². The fraction of sp³-hybridized carbons (Fsp3) is 0.348. The summed E-state index contributed by atoms with van der Waals surface area (Å²) in [6.45, 7) is 4.92. The van der Waals surface area contributed by atoms with E-state index in [1.54, 1.807) is 36.3 Å². The zero-order chi connectivity index (χ0) is 21.3. The van der Waals surface area contributed by atoms with Crippen LogP contribution < -0.4 is 19.8 Å². The number of ether oxygens (including phenoxy) is 2. The Kier molecular flexibility index (Phi) is 7.41. The largest absolute Gasteiger partial charge is 0.496 e. The summed E-state index contributed by atoms with van der Waals surface area (Å²) in [7, 11) is 1.68. The van der Waals surface area contributed by atoms with E-state index in [1.807, 2.05) is 25.1 Å². The van der Waals surface area contributed by atoms with E-state index in [9.17, 15) is 4.79 Å². The Balaban J connectivity index is 1.61. The quantitative estimate of drug-likeness (QED) is 0.515. The number of benzene rings is 2. The summed E-state index contributed by atoms with van der Waals surface area (Å²) in [5.41, 5.74) is 5.67. The van der Waals surface area contributed by atoms with Gasteiger partial charge in [-0.15, -0.1) is 0 Å². The van der Waals surface area contributed by atoms with Gasteiger partial charge in [0.05, 0.1) is 31.5 Å². The minimum Gasteiger partial charge on any atom is -0.496 e. The monoisotopic (exact) mass is 407 g/mol. The molecule has 0 aromatic heterocycles. The van der Waals surface area contributed by atoms with Crippen molar-refractivity contribution in [1.29, 1.82) is 5.26 Å². The number of quaternary nitrogens is 1. The summed E-state index contributed by atoms with van der Waals surface area (Å²) in [6, 6.07) is 14.8. The van der Waals surface area contributed by atoms with E-state index in [-0.39, 0.29) is 6.61 Å². The Labute approximate surface area is 176 Å². The zero-order valence-electron chi connectivity index (χ0n) is 17.4. The van der Waals surface area contributed by atoms with Crippen molar-refractivity contribution in [1.82, 2.24) is 5.43 Å². The molecule has 2 aromatic carbocycles. The number of hydrogen-bond acceptors (Lipinski definition) is 5. The van der Waals surface area contributed by atoms with E-state index in [1.165, 1.54) is 25.9 Å². The number of hydrazone groups is 1. The first-order valence-electron chi connectivity index (χ1n) is 10.1. The number of rotatable bonds is 8. The molecule has 1 saturated heterocycles. The topological polar surface area (TPSA) is 88.2 Å². The van der Waals surface area contributed by atoms with Gasteiger partial charge in [-0.3, -0.25) is 4.79 Å². The number of carbonyl (C=O) groups excluding carboxylic acids is 1. The third kappa shape index (κ3) is 5.58. The van der Waals surface area contributed by atoms with Crippen molar-refractivity contribution in [3.8, 4) is 17.6 Å². The number of likely N-dealkylation sites (tertiary alicyclic amines) is 1. The maximum atomic E-state index is 12.1. The van der Waals surface area contributed by atoms with Crippen LogP contribution in [-0.4, -0.2) is 38.4 Å². The maximum Gasteiger partial charge on any atom is 0.277 e. The van der Waals surface area contributed by atoms with Gasteiger partial charge in [-0.25, -0.2) is 5.43 Å². The number of carbonyl (C=O) groups is 1. The van der Waals surface area contributed by atoms with E-state index in [2.05, 4.69) is 16.6 Å². The van der Waals surface area contributed by atoms with E-state index in [0.717, 1.165) is 23.4 Å². The van der Waals surface area contributed by atoms with Crippen LogP contribution in [0.3, 0.4) is 0 Å². The van der Waals surface area contributed by atoms with E-state index < -0.39 is 5.91 Å². The fourth-order valence-corrected chi connectivity index (χ4v) is 3.53. The number of nitrogens with one attached hydrogen (secondary N) is 2. The zero-order valence-corrected chi connectivity index (χ0v) is 17.4. The molecule has 2 N–H and O–H groups in total. The SMILES string of the molecule is COc1ccc(/C(C)=N\NC(=O)COc2ccccc2C#N)cc1C[NH+]1CCCC1. The van der Waals surface area contributed by atoms with Crippen LogP contribution in [0.15, 0.2) is 47.6 Å². The minimum absolute atomic E-state index is 0.221. The predicted octanol–water partition coefficient (Wildman–Crippen LogP) is 1.66. The molecule has 0 saturated carbocycles. The highest BCUT2D eigenvalue weighted by Gasteiger charge is 2.18. The number of nitriles is 1. The molecule has 1 aliphatic heterocycles. The molecule has 30 heavy (non-hydrogen) atoms. The molecule has 0 aliphatic carbocycles. The molecule has 2 aromatic rings. The summed E-state index contributed by atoms with van der Waals surface area (Å²) < 4.78 is 10.9. The fourth-order valence-electron chi connectivity index (χ4n) is 3.53. The second-order valence-corrected chi connectivity index (χ2v) is 7.29. The first kappa shape index (κ1) is 21.3. The Bertz CT molecular complexity index is 959. The summed E-state index contributed by atoms with van der Waals surface area (Å²) in [6.07, 6.45) is 2.54. The van der Waals surface area contributed by atoms with E-state index >= 15 is 0 Å². The van der Waals surface area contributed by atoms with Gasteiger partial charge in [0.25, 0.3) is 5.91 Å². The Morgan fingerprint density at radius 2 is 1.97 bits per heavy atom. The van der Waals surface area contributed by atoms with Gasteiger partial charge in [0.1, 0.15) is 24.1 Å². The van der Waals surface area contributed by atoms with Gasteiger partial charge in [-0.05, 0) is 42.8 Å². The van der Waals surface area contributed by atoms with Crippen molar-refractivity contribution in [2.24, 2.45) is 5.10 Å². The lowest BCUT2D eigenvalue weighted by Gasteiger charge is -2.15. The Hall–Kier alpha value is -3.37. The van der Waals surface area contributed by atoms with Crippen LogP contribution >= 0.6 is 0 Å². The molecule has 0 bridgehead atoms. The number of methoxy groups -OCH3 is 1. The standard InChI is InChI=1S/C23H26N4O3/c1-17(25-26-23(28)16-30-22-8-4-3-7-19(22)14-24)18-9-10-21(29-2)20(13-18)15-27-11-5-6-12-27/h3-4,7-10,13H,5-6,11-12,15-16H2,1-2H3,(H,26,28)/p+1/b25-17-. The van der Waals surface area contributed by atoms with Crippen molar-refractivity contribution >= 4 is 11.6 Å². The molecular formula is C23H27N4O3+. The second-order valence-electron chi connectivity index (χ2n) is 7.29. The minimum atomic E-state index is -0.391.